The lowest BCUT2D eigenvalue weighted by Crippen LogP contribution is -1.97. The third-order valence-corrected chi connectivity index (χ3v) is 3.52. The van der Waals surface area contributed by atoms with Crippen LogP contribution in [0.2, 0.25) is 0 Å². The first-order valence-corrected chi connectivity index (χ1v) is 7.90. The standard InChI is InChI=1S/C14H20Br2O/c1-2-3-4-5-6-7-8-17-14-10-12(15)9-13(16)11-14/h9-11H,2-8H2,1H3. The molecule has 0 N–H and O–H groups in total. The van der Waals surface area contributed by atoms with E-state index in [1.54, 1.807) is 0 Å². The van der Waals surface area contributed by atoms with Crippen LogP contribution in [0.15, 0.2) is 27.1 Å². The molecule has 0 radical (unpaired) electrons. The number of ether oxygens (including phenoxy) is 1. The van der Waals surface area contributed by atoms with Crippen molar-refractivity contribution in [2.45, 2.75) is 45.4 Å². The van der Waals surface area contributed by atoms with Gasteiger partial charge in [-0.25, -0.2) is 0 Å². The van der Waals surface area contributed by atoms with Gasteiger partial charge in [0.15, 0.2) is 0 Å². The molecule has 0 saturated carbocycles. The van der Waals surface area contributed by atoms with E-state index >= 15 is 0 Å². The zero-order valence-corrected chi connectivity index (χ0v) is 13.5. The van der Waals surface area contributed by atoms with Crippen molar-refractivity contribution < 1.29 is 4.74 Å². The van der Waals surface area contributed by atoms with Gasteiger partial charge in [-0.2, -0.15) is 0 Å². The fourth-order valence-corrected chi connectivity index (χ4v) is 2.94. The Bertz CT molecular complexity index is 306. The molecule has 3 heteroatoms. The minimum atomic E-state index is 0.815. The SMILES string of the molecule is CCCCCCCCOc1cc(Br)cc(Br)c1. The Morgan fingerprint density at radius 1 is 0.882 bits per heavy atom. The molecule has 0 fully saturated rings. The molecule has 0 heterocycles. The lowest BCUT2D eigenvalue weighted by Gasteiger charge is -2.07. The predicted octanol–water partition coefficient (Wildman–Crippen LogP) is 5.95. The maximum Gasteiger partial charge on any atom is 0.121 e. The fraction of sp³-hybridized carbons (Fsp3) is 0.571. The molecule has 0 atom stereocenters. The molecular formula is C14H20Br2O. The van der Waals surface area contributed by atoms with Crippen LogP contribution < -0.4 is 4.74 Å². The Labute approximate surface area is 121 Å². The van der Waals surface area contributed by atoms with Crippen molar-refractivity contribution in [2.75, 3.05) is 6.61 Å². The Morgan fingerprint density at radius 2 is 1.47 bits per heavy atom. The van der Waals surface area contributed by atoms with Gasteiger partial charge >= 0.3 is 0 Å². The van der Waals surface area contributed by atoms with Crippen molar-refractivity contribution >= 4 is 31.9 Å². The van der Waals surface area contributed by atoms with Gasteiger partial charge in [-0.3, -0.25) is 0 Å². The van der Waals surface area contributed by atoms with E-state index in [0.717, 1.165) is 27.7 Å². The zero-order chi connectivity index (χ0) is 12.5. The molecule has 0 aromatic heterocycles. The quantitative estimate of drug-likeness (QED) is 0.518. The van der Waals surface area contributed by atoms with E-state index < -0.39 is 0 Å². The number of halogens is 2. The number of hydrogen-bond donors (Lipinski definition) is 0. The molecule has 0 aliphatic rings. The van der Waals surface area contributed by atoms with Gasteiger partial charge in [-0.15, -0.1) is 0 Å². The molecule has 17 heavy (non-hydrogen) atoms. The Kier molecular flexibility index (Phi) is 7.95. The maximum absolute atomic E-state index is 5.71. The summed E-state index contributed by atoms with van der Waals surface area (Å²) in [5.41, 5.74) is 0. The molecule has 1 nitrogen and oxygen atoms in total. The molecule has 1 aromatic carbocycles. The molecule has 96 valence electrons. The van der Waals surface area contributed by atoms with Gasteiger partial charge in [0, 0.05) is 8.95 Å². The van der Waals surface area contributed by atoms with Crippen LogP contribution in [0.25, 0.3) is 0 Å². The molecule has 0 aliphatic heterocycles. The molecule has 0 saturated heterocycles. The van der Waals surface area contributed by atoms with Gasteiger partial charge < -0.3 is 4.74 Å². The van der Waals surface area contributed by atoms with Crippen molar-refractivity contribution in [3.63, 3.8) is 0 Å². The Balaban J connectivity index is 2.13. The summed E-state index contributed by atoms with van der Waals surface area (Å²) in [7, 11) is 0. The summed E-state index contributed by atoms with van der Waals surface area (Å²) in [6.45, 7) is 3.06. The first kappa shape index (κ1) is 15.0. The Morgan fingerprint density at radius 3 is 2.12 bits per heavy atom. The van der Waals surface area contributed by atoms with Gasteiger partial charge in [0.25, 0.3) is 0 Å². The average Bonchev–Trinajstić information content (AvgIpc) is 2.26. The Hall–Kier alpha value is -0.0200. The highest BCUT2D eigenvalue weighted by Gasteiger charge is 1.98. The second-order valence-electron chi connectivity index (χ2n) is 4.22. The molecule has 0 unspecified atom stereocenters. The van der Waals surface area contributed by atoms with Crippen LogP contribution in [0.4, 0.5) is 0 Å². The lowest BCUT2D eigenvalue weighted by molar-refractivity contribution is 0.304. The summed E-state index contributed by atoms with van der Waals surface area (Å²) >= 11 is 6.91. The highest BCUT2D eigenvalue weighted by atomic mass is 79.9. The van der Waals surface area contributed by atoms with E-state index in [2.05, 4.69) is 38.8 Å². The lowest BCUT2D eigenvalue weighted by atomic mass is 10.1. The smallest absolute Gasteiger partial charge is 0.121 e. The molecular weight excluding hydrogens is 344 g/mol. The fourth-order valence-electron chi connectivity index (χ4n) is 1.68. The zero-order valence-electron chi connectivity index (χ0n) is 10.3. The van der Waals surface area contributed by atoms with E-state index in [1.807, 2.05) is 18.2 Å². The maximum atomic E-state index is 5.71. The average molecular weight is 364 g/mol. The van der Waals surface area contributed by atoms with Crippen molar-refractivity contribution in [2.24, 2.45) is 0 Å². The predicted molar refractivity (Wildman–Crippen MR) is 80.7 cm³/mol. The summed E-state index contributed by atoms with van der Waals surface area (Å²) in [5, 5.41) is 0. The summed E-state index contributed by atoms with van der Waals surface area (Å²) in [5.74, 6) is 0.930. The van der Waals surface area contributed by atoms with E-state index in [1.165, 1.54) is 32.1 Å². The first-order valence-electron chi connectivity index (χ1n) is 6.31. The highest BCUT2D eigenvalue weighted by molar-refractivity contribution is 9.11. The minimum Gasteiger partial charge on any atom is -0.494 e. The van der Waals surface area contributed by atoms with Gasteiger partial charge in [-0.05, 0) is 24.6 Å². The molecule has 1 aromatic rings. The number of unbranched alkanes of at least 4 members (excludes halogenated alkanes) is 5. The third-order valence-electron chi connectivity index (χ3n) is 2.60. The van der Waals surface area contributed by atoms with Gasteiger partial charge in [0.05, 0.1) is 6.61 Å². The molecule has 0 spiro atoms. The third kappa shape index (κ3) is 7.10. The van der Waals surface area contributed by atoms with Gasteiger partial charge in [-0.1, -0.05) is 70.9 Å². The summed E-state index contributed by atoms with van der Waals surface area (Å²) in [4.78, 5) is 0. The van der Waals surface area contributed by atoms with Crippen LogP contribution in [-0.2, 0) is 0 Å². The monoisotopic (exact) mass is 362 g/mol. The minimum absolute atomic E-state index is 0.815. The van der Waals surface area contributed by atoms with Crippen molar-refractivity contribution in [1.82, 2.24) is 0 Å². The topological polar surface area (TPSA) is 9.23 Å². The molecule has 0 amide bonds. The van der Waals surface area contributed by atoms with Crippen molar-refractivity contribution in [3.8, 4) is 5.75 Å². The highest BCUT2D eigenvalue weighted by Crippen LogP contribution is 2.25. The van der Waals surface area contributed by atoms with E-state index in [0.29, 0.717) is 0 Å². The number of benzene rings is 1. The number of rotatable bonds is 8. The van der Waals surface area contributed by atoms with Crippen LogP contribution in [-0.4, -0.2) is 6.61 Å². The van der Waals surface area contributed by atoms with E-state index in [4.69, 9.17) is 4.74 Å². The molecule has 0 aliphatic carbocycles. The van der Waals surface area contributed by atoms with Gasteiger partial charge in [0.2, 0.25) is 0 Å². The van der Waals surface area contributed by atoms with Crippen LogP contribution in [0.1, 0.15) is 45.4 Å². The number of hydrogen-bond acceptors (Lipinski definition) is 1. The first-order chi connectivity index (χ1) is 8.22. The summed E-state index contributed by atoms with van der Waals surface area (Å²) in [6.07, 6.45) is 7.78. The van der Waals surface area contributed by atoms with Crippen LogP contribution in [0.5, 0.6) is 5.75 Å². The van der Waals surface area contributed by atoms with E-state index in [-0.39, 0.29) is 0 Å². The van der Waals surface area contributed by atoms with Crippen LogP contribution in [0.3, 0.4) is 0 Å². The van der Waals surface area contributed by atoms with Crippen LogP contribution in [0, 0.1) is 0 Å². The summed E-state index contributed by atoms with van der Waals surface area (Å²) in [6, 6.07) is 6.02. The van der Waals surface area contributed by atoms with Crippen molar-refractivity contribution in [1.29, 1.82) is 0 Å². The van der Waals surface area contributed by atoms with Crippen LogP contribution >= 0.6 is 31.9 Å². The molecule has 1 rings (SSSR count). The van der Waals surface area contributed by atoms with E-state index in [9.17, 15) is 0 Å². The van der Waals surface area contributed by atoms with Gasteiger partial charge in [0.1, 0.15) is 5.75 Å². The molecule has 0 bridgehead atoms. The van der Waals surface area contributed by atoms with Crippen molar-refractivity contribution in [3.05, 3.63) is 27.1 Å². The second-order valence-corrected chi connectivity index (χ2v) is 6.05. The largest absolute Gasteiger partial charge is 0.494 e. The second kappa shape index (κ2) is 8.98. The normalized spacial score (nSPS) is 10.5. The summed E-state index contributed by atoms with van der Waals surface area (Å²) < 4.78 is 7.81.